The molecule has 0 aromatic heterocycles. The number of hydrogen-bond acceptors (Lipinski definition) is 1. The van der Waals surface area contributed by atoms with Crippen molar-refractivity contribution in [2.24, 2.45) is 5.92 Å². The summed E-state index contributed by atoms with van der Waals surface area (Å²) in [5, 5.41) is 0. The highest BCUT2D eigenvalue weighted by Gasteiger charge is 2.11. The van der Waals surface area contributed by atoms with Gasteiger partial charge in [-0.3, -0.25) is 0 Å². The molecule has 2 N–H and O–H groups in total. The second kappa shape index (κ2) is 3.87. The number of nitrogens with two attached hydrogens (primary N) is 1. The standard InChI is InChI=1S/C13H17N/c1-10-3-2-4-12(9-10)11-5-7-13(14)8-6-11/h4-8,10H,2-3,9,14H2,1H3/t10-/m1/s1. The van der Waals surface area contributed by atoms with Crippen LogP contribution in [0.15, 0.2) is 30.3 Å². The molecule has 1 aliphatic rings. The zero-order chi connectivity index (χ0) is 9.97. The third-order valence-corrected chi connectivity index (χ3v) is 2.90. The highest BCUT2D eigenvalue weighted by Crippen LogP contribution is 2.30. The third kappa shape index (κ3) is 1.98. The van der Waals surface area contributed by atoms with E-state index in [0.717, 1.165) is 11.6 Å². The second-order valence-corrected chi connectivity index (χ2v) is 4.24. The molecule has 0 spiro atoms. The van der Waals surface area contributed by atoms with Crippen LogP contribution in [0.25, 0.3) is 5.57 Å². The van der Waals surface area contributed by atoms with Crippen molar-refractivity contribution in [2.45, 2.75) is 26.2 Å². The summed E-state index contributed by atoms with van der Waals surface area (Å²) in [6.45, 7) is 2.32. The summed E-state index contributed by atoms with van der Waals surface area (Å²) < 4.78 is 0. The maximum Gasteiger partial charge on any atom is 0.0314 e. The molecular weight excluding hydrogens is 170 g/mol. The maximum atomic E-state index is 5.66. The Morgan fingerprint density at radius 3 is 2.57 bits per heavy atom. The first-order chi connectivity index (χ1) is 6.75. The Bertz CT molecular complexity index is 335. The minimum absolute atomic E-state index is 0.826. The smallest absolute Gasteiger partial charge is 0.0314 e. The largest absolute Gasteiger partial charge is 0.399 e. The van der Waals surface area contributed by atoms with Crippen LogP contribution in [0.5, 0.6) is 0 Å². The van der Waals surface area contributed by atoms with E-state index in [9.17, 15) is 0 Å². The monoisotopic (exact) mass is 187 g/mol. The summed E-state index contributed by atoms with van der Waals surface area (Å²) in [5.41, 5.74) is 9.34. The van der Waals surface area contributed by atoms with Gasteiger partial charge in [0.15, 0.2) is 0 Å². The summed E-state index contributed by atoms with van der Waals surface area (Å²) in [5.74, 6) is 0.826. The van der Waals surface area contributed by atoms with Crippen LogP contribution in [0, 0.1) is 5.92 Å². The molecule has 0 amide bonds. The van der Waals surface area contributed by atoms with Gasteiger partial charge in [0.05, 0.1) is 0 Å². The number of allylic oxidation sites excluding steroid dienone is 2. The van der Waals surface area contributed by atoms with E-state index >= 15 is 0 Å². The van der Waals surface area contributed by atoms with Gasteiger partial charge in [0.2, 0.25) is 0 Å². The Balaban J connectivity index is 2.22. The molecule has 1 aliphatic carbocycles. The molecule has 0 unspecified atom stereocenters. The Labute approximate surface area is 85.6 Å². The third-order valence-electron chi connectivity index (χ3n) is 2.90. The van der Waals surface area contributed by atoms with Gasteiger partial charge in [-0.2, -0.15) is 0 Å². The molecule has 1 aromatic rings. The molecular formula is C13H17N. The van der Waals surface area contributed by atoms with E-state index in [-0.39, 0.29) is 0 Å². The van der Waals surface area contributed by atoms with Crippen LogP contribution in [-0.4, -0.2) is 0 Å². The van der Waals surface area contributed by atoms with E-state index in [2.05, 4.69) is 25.1 Å². The van der Waals surface area contributed by atoms with Crippen molar-refractivity contribution in [3.05, 3.63) is 35.9 Å². The van der Waals surface area contributed by atoms with E-state index in [1.807, 2.05) is 12.1 Å². The average Bonchev–Trinajstić information content (AvgIpc) is 2.19. The summed E-state index contributed by atoms with van der Waals surface area (Å²) >= 11 is 0. The molecule has 74 valence electrons. The Morgan fingerprint density at radius 1 is 1.21 bits per heavy atom. The van der Waals surface area contributed by atoms with Crippen molar-refractivity contribution < 1.29 is 0 Å². The van der Waals surface area contributed by atoms with Gasteiger partial charge in [-0.25, -0.2) is 0 Å². The van der Waals surface area contributed by atoms with Gasteiger partial charge in [0, 0.05) is 5.69 Å². The first-order valence-corrected chi connectivity index (χ1v) is 5.30. The minimum atomic E-state index is 0.826. The van der Waals surface area contributed by atoms with Crippen molar-refractivity contribution >= 4 is 11.3 Å². The molecule has 1 nitrogen and oxygen atoms in total. The number of hydrogen-bond donors (Lipinski definition) is 1. The molecule has 1 atom stereocenters. The van der Waals surface area contributed by atoms with Crippen LogP contribution >= 0.6 is 0 Å². The van der Waals surface area contributed by atoms with E-state index < -0.39 is 0 Å². The van der Waals surface area contributed by atoms with Gasteiger partial charge < -0.3 is 5.73 Å². The molecule has 0 saturated carbocycles. The summed E-state index contributed by atoms with van der Waals surface area (Å²) in [7, 11) is 0. The predicted octanol–water partition coefficient (Wildman–Crippen LogP) is 3.47. The molecule has 0 heterocycles. The van der Waals surface area contributed by atoms with Crippen molar-refractivity contribution in [2.75, 3.05) is 5.73 Å². The van der Waals surface area contributed by atoms with Crippen molar-refractivity contribution in [1.29, 1.82) is 0 Å². The van der Waals surface area contributed by atoms with Crippen LogP contribution in [-0.2, 0) is 0 Å². The lowest BCUT2D eigenvalue weighted by Crippen LogP contribution is -2.01. The average molecular weight is 187 g/mol. The molecule has 0 saturated heterocycles. The van der Waals surface area contributed by atoms with Gasteiger partial charge in [0.1, 0.15) is 0 Å². The van der Waals surface area contributed by atoms with Gasteiger partial charge in [-0.15, -0.1) is 0 Å². The molecule has 1 aromatic carbocycles. The quantitative estimate of drug-likeness (QED) is 0.669. The lowest BCUT2D eigenvalue weighted by molar-refractivity contribution is 0.536. The van der Waals surface area contributed by atoms with Crippen molar-refractivity contribution in [1.82, 2.24) is 0 Å². The lowest BCUT2D eigenvalue weighted by atomic mass is 9.87. The van der Waals surface area contributed by atoms with Crippen molar-refractivity contribution in [3.8, 4) is 0 Å². The second-order valence-electron chi connectivity index (χ2n) is 4.24. The van der Waals surface area contributed by atoms with Crippen LogP contribution in [0.1, 0.15) is 31.7 Å². The van der Waals surface area contributed by atoms with E-state index in [4.69, 9.17) is 5.73 Å². The first-order valence-electron chi connectivity index (χ1n) is 5.30. The fourth-order valence-electron chi connectivity index (χ4n) is 2.04. The summed E-state index contributed by atoms with van der Waals surface area (Å²) in [6, 6.07) is 8.21. The van der Waals surface area contributed by atoms with E-state index in [1.54, 1.807) is 0 Å². The molecule has 14 heavy (non-hydrogen) atoms. The number of rotatable bonds is 1. The molecule has 0 radical (unpaired) electrons. The molecule has 2 rings (SSSR count). The zero-order valence-electron chi connectivity index (χ0n) is 8.66. The summed E-state index contributed by atoms with van der Waals surface area (Å²) in [4.78, 5) is 0. The van der Waals surface area contributed by atoms with Crippen LogP contribution in [0.3, 0.4) is 0 Å². The predicted molar refractivity (Wildman–Crippen MR) is 61.8 cm³/mol. The highest BCUT2D eigenvalue weighted by molar-refractivity contribution is 5.67. The van der Waals surface area contributed by atoms with E-state index in [0.29, 0.717) is 0 Å². The Morgan fingerprint density at radius 2 is 1.93 bits per heavy atom. The van der Waals surface area contributed by atoms with Gasteiger partial charge in [-0.05, 0) is 48.4 Å². The number of anilines is 1. The van der Waals surface area contributed by atoms with Gasteiger partial charge >= 0.3 is 0 Å². The Kier molecular flexibility index (Phi) is 2.58. The lowest BCUT2D eigenvalue weighted by Gasteiger charge is -2.19. The van der Waals surface area contributed by atoms with Gasteiger partial charge in [-0.1, -0.05) is 25.1 Å². The highest BCUT2D eigenvalue weighted by atomic mass is 14.5. The first kappa shape index (κ1) is 9.32. The maximum absolute atomic E-state index is 5.66. The van der Waals surface area contributed by atoms with Crippen LogP contribution in [0.2, 0.25) is 0 Å². The van der Waals surface area contributed by atoms with E-state index in [1.165, 1.54) is 30.4 Å². The SMILES string of the molecule is C[C@@H]1CCC=C(c2ccc(N)cc2)C1. The summed E-state index contributed by atoms with van der Waals surface area (Å²) in [6.07, 6.45) is 6.13. The minimum Gasteiger partial charge on any atom is -0.399 e. The normalized spacial score (nSPS) is 21.8. The molecule has 0 aliphatic heterocycles. The number of benzene rings is 1. The number of nitrogen functional groups attached to an aromatic ring is 1. The molecule has 0 bridgehead atoms. The van der Waals surface area contributed by atoms with Crippen LogP contribution < -0.4 is 5.73 Å². The Hall–Kier alpha value is -1.24. The molecule has 0 fully saturated rings. The fraction of sp³-hybridized carbons (Fsp3) is 0.385. The van der Waals surface area contributed by atoms with Gasteiger partial charge in [0.25, 0.3) is 0 Å². The topological polar surface area (TPSA) is 26.0 Å². The fourth-order valence-corrected chi connectivity index (χ4v) is 2.04. The van der Waals surface area contributed by atoms with Crippen molar-refractivity contribution in [3.63, 3.8) is 0 Å². The van der Waals surface area contributed by atoms with Crippen LogP contribution in [0.4, 0.5) is 5.69 Å². The molecule has 1 heteroatoms. The zero-order valence-corrected chi connectivity index (χ0v) is 8.66.